The Labute approximate surface area is 96.2 Å². The molecule has 3 N–H and O–H groups in total. The fourth-order valence-corrected chi connectivity index (χ4v) is 1.84. The maximum Gasteiger partial charge on any atom is 0.307 e. The van der Waals surface area contributed by atoms with Gasteiger partial charge in [0, 0.05) is 5.92 Å². The van der Waals surface area contributed by atoms with Crippen molar-refractivity contribution < 1.29 is 14.7 Å². The molecule has 2 rings (SSSR count). The smallest absolute Gasteiger partial charge is 0.307 e. The third kappa shape index (κ3) is 2.97. The SMILES string of the molecule is CC1(C)CC1C(=O)O.CC1(C)CC1C(N)=O. The summed E-state index contributed by atoms with van der Waals surface area (Å²) >= 11 is 0. The Morgan fingerprint density at radius 3 is 1.38 bits per heavy atom. The van der Waals surface area contributed by atoms with Gasteiger partial charge >= 0.3 is 5.97 Å². The fraction of sp³-hybridized carbons (Fsp3) is 0.833. The zero-order valence-electron chi connectivity index (χ0n) is 10.4. The van der Waals surface area contributed by atoms with Crippen LogP contribution in [0.5, 0.6) is 0 Å². The summed E-state index contributed by atoms with van der Waals surface area (Å²) < 4.78 is 0. The molecule has 92 valence electrons. The lowest BCUT2D eigenvalue weighted by molar-refractivity contribution is -0.139. The highest BCUT2D eigenvalue weighted by atomic mass is 16.4. The minimum absolute atomic E-state index is 0.0671. The van der Waals surface area contributed by atoms with E-state index in [1.807, 2.05) is 13.8 Å². The van der Waals surface area contributed by atoms with E-state index in [9.17, 15) is 9.59 Å². The number of hydrogen-bond acceptors (Lipinski definition) is 2. The minimum Gasteiger partial charge on any atom is -0.481 e. The number of carboxylic acids is 1. The van der Waals surface area contributed by atoms with E-state index in [1.54, 1.807) is 0 Å². The Bertz CT molecular complexity index is 288. The van der Waals surface area contributed by atoms with Crippen molar-refractivity contribution in [1.82, 2.24) is 0 Å². The highest BCUT2D eigenvalue weighted by molar-refractivity contribution is 5.80. The molecule has 0 aromatic carbocycles. The number of hydrogen-bond donors (Lipinski definition) is 2. The highest BCUT2D eigenvalue weighted by Crippen LogP contribution is 2.51. The molecule has 0 saturated heterocycles. The molecule has 2 atom stereocenters. The van der Waals surface area contributed by atoms with Crippen LogP contribution in [0.15, 0.2) is 0 Å². The normalized spacial score (nSPS) is 32.0. The van der Waals surface area contributed by atoms with E-state index in [1.165, 1.54) is 0 Å². The van der Waals surface area contributed by atoms with Crippen LogP contribution in [0.3, 0.4) is 0 Å². The quantitative estimate of drug-likeness (QED) is 0.752. The van der Waals surface area contributed by atoms with E-state index in [2.05, 4.69) is 13.8 Å². The first-order valence-corrected chi connectivity index (χ1v) is 5.60. The number of carboxylic acid groups (broad SMARTS) is 1. The first kappa shape index (κ1) is 13.0. The third-order valence-electron chi connectivity index (χ3n) is 3.67. The molecule has 4 heteroatoms. The van der Waals surface area contributed by atoms with Gasteiger partial charge in [0.1, 0.15) is 0 Å². The highest BCUT2D eigenvalue weighted by Gasteiger charge is 2.50. The molecule has 0 aromatic heterocycles. The number of carbonyl (C=O) groups is 2. The maximum atomic E-state index is 10.4. The summed E-state index contributed by atoms with van der Waals surface area (Å²) in [5, 5.41) is 8.39. The topological polar surface area (TPSA) is 80.4 Å². The van der Waals surface area contributed by atoms with Gasteiger partial charge in [0.2, 0.25) is 5.91 Å². The predicted molar refractivity (Wildman–Crippen MR) is 60.6 cm³/mol. The monoisotopic (exact) mass is 227 g/mol. The van der Waals surface area contributed by atoms with Crippen LogP contribution in [0.25, 0.3) is 0 Å². The van der Waals surface area contributed by atoms with Crippen molar-refractivity contribution in [3.63, 3.8) is 0 Å². The van der Waals surface area contributed by atoms with Gasteiger partial charge < -0.3 is 10.8 Å². The van der Waals surface area contributed by atoms with Gasteiger partial charge in [-0.3, -0.25) is 9.59 Å². The van der Waals surface area contributed by atoms with Crippen molar-refractivity contribution in [2.75, 3.05) is 0 Å². The van der Waals surface area contributed by atoms with Gasteiger partial charge in [-0.25, -0.2) is 0 Å². The van der Waals surface area contributed by atoms with E-state index < -0.39 is 5.97 Å². The van der Waals surface area contributed by atoms with E-state index >= 15 is 0 Å². The van der Waals surface area contributed by atoms with Gasteiger partial charge in [0.05, 0.1) is 5.92 Å². The molecule has 0 spiro atoms. The van der Waals surface area contributed by atoms with E-state index in [-0.39, 0.29) is 28.6 Å². The summed E-state index contributed by atoms with van der Waals surface area (Å²) in [6.45, 7) is 8.07. The number of nitrogens with two attached hydrogens (primary N) is 1. The molecule has 0 heterocycles. The molecule has 2 aliphatic rings. The molecule has 0 bridgehead atoms. The lowest BCUT2D eigenvalue weighted by atomic mass is 10.1. The van der Waals surface area contributed by atoms with Crippen LogP contribution in [0.4, 0.5) is 0 Å². The van der Waals surface area contributed by atoms with E-state index in [0.29, 0.717) is 0 Å². The number of aliphatic carboxylic acids is 1. The maximum absolute atomic E-state index is 10.4. The van der Waals surface area contributed by atoms with Crippen LogP contribution < -0.4 is 5.73 Å². The molecule has 1 amide bonds. The standard InChI is InChI=1S/C6H11NO.C6H10O2/c2*1-6(2)3-4(6)5(7)8/h4H,3H2,1-2H3,(H2,7,8);4H,3H2,1-2H3,(H,7,8). The number of primary amides is 1. The predicted octanol–water partition coefficient (Wildman–Crippen LogP) is 1.63. The Morgan fingerprint density at radius 1 is 1.06 bits per heavy atom. The van der Waals surface area contributed by atoms with Gasteiger partial charge in [-0.1, -0.05) is 27.7 Å². The molecule has 0 radical (unpaired) electrons. The van der Waals surface area contributed by atoms with Crippen molar-refractivity contribution in [3.05, 3.63) is 0 Å². The van der Waals surface area contributed by atoms with Crippen LogP contribution in [0.2, 0.25) is 0 Å². The Kier molecular flexibility index (Phi) is 3.05. The zero-order chi connectivity index (χ0) is 12.7. The number of carbonyl (C=O) groups excluding carboxylic acids is 1. The van der Waals surface area contributed by atoms with Crippen LogP contribution >= 0.6 is 0 Å². The van der Waals surface area contributed by atoms with Crippen LogP contribution in [-0.2, 0) is 9.59 Å². The Balaban J connectivity index is 0.000000160. The van der Waals surface area contributed by atoms with Crippen molar-refractivity contribution in [2.45, 2.75) is 40.5 Å². The second-order valence-electron chi connectivity index (χ2n) is 6.23. The van der Waals surface area contributed by atoms with Gasteiger partial charge in [0.25, 0.3) is 0 Å². The molecule has 0 aromatic rings. The largest absolute Gasteiger partial charge is 0.481 e. The second kappa shape index (κ2) is 3.75. The molecular weight excluding hydrogens is 206 g/mol. The zero-order valence-corrected chi connectivity index (χ0v) is 10.4. The molecule has 0 aliphatic heterocycles. The van der Waals surface area contributed by atoms with Crippen LogP contribution in [-0.4, -0.2) is 17.0 Å². The minimum atomic E-state index is -0.644. The third-order valence-corrected chi connectivity index (χ3v) is 3.67. The Morgan fingerprint density at radius 2 is 1.38 bits per heavy atom. The summed E-state index contributed by atoms with van der Waals surface area (Å²) in [4.78, 5) is 20.6. The summed E-state index contributed by atoms with van der Waals surface area (Å²) in [6, 6.07) is 0. The number of amides is 1. The molecule has 4 nitrogen and oxygen atoms in total. The second-order valence-corrected chi connectivity index (χ2v) is 6.23. The molecular formula is C12H21NO3. The first-order chi connectivity index (χ1) is 7.08. The van der Waals surface area contributed by atoms with Crippen LogP contribution in [0, 0.1) is 22.7 Å². The van der Waals surface area contributed by atoms with Crippen LogP contribution in [0.1, 0.15) is 40.5 Å². The van der Waals surface area contributed by atoms with Crippen molar-refractivity contribution in [1.29, 1.82) is 0 Å². The average molecular weight is 227 g/mol. The molecule has 2 aliphatic carbocycles. The van der Waals surface area contributed by atoms with Gasteiger partial charge in [0.15, 0.2) is 0 Å². The van der Waals surface area contributed by atoms with Crippen molar-refractivity contribution >= 4 is 11.9 Å². The first-order valence-electron chi connectivity index (χ1n) is 5.60. The molecule has 16 heavy (non-hydrogen) atoms. The van der Waals surface area contributed by atoms with Gasteiger partial charge in [-0.2, -0.15) is 0 Å². The average Bonchev–Trinajstić information content (AvgIpc) is 2.89. The molecule has 2 saturated carbocycles. The fourth-order valence-electron chi connectivity index (χ4n) is 1.84. The summed E-state index contributed by atoms with van der Waals surface area (Å²) in [6.07, 6.45) is 1.82. The molecule has 2 fully saturated rings. The van der Waals surface area contributed by atoms with Gasteiger partial charge in [-0.05, 0) is 23.7 Å². The van der Waals surface area contributed by atoms with E-state index in [0.717, 1.165) is 12.8 Å². The molecule has 2 unspecified atom stereocenters. The summed E-state index contributed by atoms with van der Waals surface area (Å²) in [7, 11) is 0. The lowest BCUT2D eigenvalue weighted by Crippen LogP contribution is -2.15. The number of rotatable bonds is 2. The van der Waals surface area contributed by atoms with Crippen molar-refractivity contribution in [2.24, 2.45) is 28.4 Å². The lowest BCUT2D eigenvalue weighted by Gasteiger charge is -1.95. The summed E-state index contributed by atoms with van der Waals surface area (Å²) in [5.74, 6) is -0.699. The summed E-state index contributed by atoms with van der Waals surface area (Å²) in [5.41, 5.74) is 5.34. The van der Waals surface area contributed by atoms with Crippen molar-refractivity contribution in [3.8, 4) is 0 Å². The van der Waals surface area contributed by atoms with E-state index in [4.69, 9.17) is 10.8 Å². The Hall–Kier alpha value is -1.06. The van der Waals surface area contributed by atoms with Gasteiger partial charge in [-0.15, -0.1) is 0 Å².